The molecule has 1 fully saturated rings. The van der Waals surface area contributed by atoms with E-state index in [1.165, 1.54) is 0 Å². The van der Waals surface area contributed by atoms with Gasteiger partial charge < -0.3 is 9.47 Å². The number of aromatic nitrogens is 3. The predicted octanol–water partition coefficient (Wildman–Crippen LogP) is 1.32. The van der Waals surface area contributed by atoms with Crippen molar-refractivity contribution in [3.8, 4) is 11.3 Å². The Bertz CT molecular complexity index is 478. The van der Waals surface area contributed by atoms with Crippen molar-refractivity contribution >= 4 is 0 Å². The summed E-state index contributed by atoms with van der Waals surface area (Å²) in [6, 6.07) is 5.89. The van der Waals surface area contributed by atoms with Crippen molar-refractivity contribution < 1.29 is 9.47 Å². The molecule has 88 valence electrons. The maximum atomic E-state index is 5.42. The second-order valence-corrected chi connectivity index (χ2v) is 3.81. The van der Waals surface area contributed by atoms with Gasteiger partial charge in [0.1, 0.15) is 0 Å². The largest absolute Gasteiger partial charge is 0.348 e. The van der Waals surface area contributed by atoms with Gasteiger partial charge in [0.05, 0.1) is 25.5 Å². The standard InChI is InChI=1S/C12H13N3O2/c1-2-10(8-13-4-1)11-3-5-14-15(11)9-12-16-6-7-17-12/h1-5,8,12H,6-7,9H2. The van der Waals surface area contributed by atoms with Crippen molar-refractivity contribution in [3.05, 3.63) is 36.8 Å². The highest BCUT2D eigenvalue weighted by atomic mass is 16.7. The first-order chi connectivity index (χ1) is 8.43. The smallest absolute Gasteiger partial charge is 0.177 e. The summed E-state index contributed by atoms with van der Waals surface area (Å²) >= 11 is 0. The molecule has 0 N–H and O–H groups in total. The van der Waals surface area contributed by atoms with Gasteiger partial charge >= 0.3 is 0 Å². The zero-order chi connectivity index (χ0) is 11.5. The monoisotopic (exact) mass is 231 g/mol. The second-order valence-electron chi connectivity index (χ2n) is 3.81. The van der Waals surface area contributed by atoms with Crippen LogP contribution in [0.1, 0.15) is 0 Å². The molecule has 17 heavy (non-hydrogen) atoms. The van der Waals surface area contributed by atoms with Gasteiger partial charge in [0.15, 0.2) is 6.29 Å². The van der Waals surface area contributed by atoms with E-state index in [4.69, 9.17) is 9.47 Å². The fraction of sp³-hybridized carbons (Fsp3) is 0.333. The first-order valence-corrected chi connectivity index (χ1v) is 5.59. The van der Waals surface area contributed by atoms with Crippen LogP contribution in [0.25, 0.3) is 11.3 Å². The fourth-order valence-electron chi connectivity index (χ4n) is 1.89. The summed E-state index contributed by atoms with van der Waals surface area (Å²) in [4.78, 5) is 4.11. The Morgan fingerprint density at radius 1 is 1.24 bits per heavy atom. The highest BCUT2D eigenvalue weighted by molar-refractivity contribution is 5.57. The van der Waals surface area contributed by atoms with Crippen LogP contribution in [-0.2, 0) is 16.0 Å². The molecule has 0 atom stereocenters. The third-order valence-electron chi connectivity index (χ3n) is 2.69. The molecule has 0 aromatic carbocycles. The lowest BCUT2D eigenvalue weighted by molar-refractivity contribution is -0.0542. The first-order valence-electron chi connectivity index (χ1n) is 5.59. The third kappa shape index (κ3) is 2.20. The van der Waals surface area contributed by atoms with Gasteiger partial charge in [-0.3, -0.25) is 9.67 Å². The minimum atomic E-state index is -0.190. The molecule has 5 heteroatoms. The number of hydrogen-bond acceptors (Lipinski definition) is 4. The van der Waals surface area contributed by atoms with E-state index in [9.17, 15) is 0 Å². The van der Waals surface area contributed by atoms with Crippen LogP contribution < -0.4 is 0 Å². The Kier molecular flexibility index (Phi) is 2.85. The number of nitrogens with zero attached hydrogens (tertiary/aromatic N) is 3. The number of ether oxygens (including phenoxy) is 2. The minimum absolute atomic E-state index is 0.190. The van der Waals surface area contributed by atoms with Gasteiger partial charge in [-0.25, -0.2) is 0 Å². The molecule has 1 saturated heterocycles. The Hall–Kier alpha value is -1.72. The lowest BCUT2D eigenvalue weighted by atomic mass is 10.2. The Morgan fingerprint density at radius 3 is 2.88 bits per heavy atom. The van der Waals surface area contributed by atoms with Gasteiger partial charge in [-0.2, -0.15) is 5.10 Å². The molecule has 2 aromatic heterocycles. The van der Waals surface area contributed by atoms with Crippen molar-refractivity contribution in [1.82, 2.24) is 14.8 Å². The Balaban J connectivity index is 1.84. The van der Waals surface area contributed by atoms with E-state index in [1.807, 2.05) is 29.1 Å². The van der Waals surface area contributed by atoms with E-state index in [2.05, 4.69) is 10.1 Å². The molecule has 0 spiro atoms. The molecule has 3 heterocycles. The number of rotatable bonds is 3. The van der Waals surface area contributed by atoms with Crippen LogP contribution in [0.3, 0.4) is 0 Å². The van der Waals surface area contributed by atoms with Crippen molar-refractivity contribution in [2.45, 2.75) is 12.8 Å². The third-order valence-corrected chi connectivity index (χ3v) is 2.69. The number of hydrogen-bond donors (Lipinski definition) is 0. The summed E-state index contributed by atoms with van der Waals surface area (Å²) in [5.41, 5.74) is 2.07. The molecule has 2 aromatic rings. The minimum Gasteiger partial charge on any atom is -0.348 e. The summed E-state index contributed by atoms with van der Waals surface area (Å²) in [6.07, 6.45) is 5.17. The highest BCUT2D eigenvalue weighted by Crippen LogP contribution is 2.18. The zero-order valence-corrected chi connectivity index (χ0v) is 9.32. The maximum Gasteiger partial charge on any atom is 0.177 e. The van der Waals surface area contributed by atoms with Gasteiger partial charge in [0.25, 0.3) is 0 Å². The van der Waals surface area contributed by atoms with E-state index >= 15 is 0 Å². The topological polar surface area (TPSA) is 49.2 Å². The molecule has 5 nitrogen and oxygen atoms in total. The van der Waals surface area contributed by atoms with Gasteiger partial charge in [0, 0.05) is 24.2 Å². The van der Waals surface area contributed by atoms with Crippen molar-refractivity contribution in [2.24, 2.45) is 0 Å². The van der Waals surface area contributed by atoms with Crippen molar-refractivity contribution in [1.29, 1.82) is 0 Å². The van der Waals surface area contributed by atoms with Crippen LogP contribution in [0, 0.1) is 0 Å². The second kappa shape index (κ2) is 4.65. The molecular weight excluding hydrogens is 218 g/mol. The Morgan fingerprint density at radius 2 is 2.12 bits per heavy atom. The van der Waals surface area contributed by atoms with Crippen LogP contribution in [0.15, 0.2) is 36.8 Å². The van der Waals surface area contributed by atoms with Crippen LogP contribution >= 0.6 is 0 Å². The molecule has 1 aliphatic heterocycles. The van der Waals surface area contributed by atoms with Crippen LogP contribution in [0.4, 0.5) is 0 Å². The summed E-state index contributed by atoms with van der Waals surface area (Å²) in [5, 5.41) is 4.28. The summed E-state index contributed by atoms with van der Waals surface area (Å²) < 4.78 is 12.7. The van der Waals surface area contributed by atoms with Crippen molar-refractivity contribution in [3.63, 3.8) is 0 Å². The molecule has 3 rings (SSSR count). The van der Waals surface area contributed by atoms with Gasteiger partial charge in [0.2, 0.25) is 0 Å². The molecular formula is C12H13N3O2. The van der Waals surface area contributed by atoms with E-state index in [0.717, 1.165) is 11.3 Å². The summed E-state index contributed by atoms with van der Waals surface area (Å²) in [7, 11) is 0. The summed E-state index contributed by atoms with van der Waals surface area (Å²) in [5.74, 6) is 0. The zero-order valence-electron chi connectivity index (χ0n) is 9.32. The molecule has 0 aliphatic carbocycles. The van der Waals surface area contributed by atoms with E-state index in [-0.39, 0.29) is 6.29 Å². The average molecular weight is 231 g/mol. The van der Waals surface area contributed by atoms with E-state index < -0.39 is 0 Å². The average Bonchev–Trinajstić information content (AvgIpc) is 3.02. The molecule has 0 radical (unpaired) electrons. The normalized spacial score (nSPS) is 16.5. The van der Waals surface area contributed by atoms with E-state index in [1.54, 1.807) is 12.4 Å². The highest BCUT2D eigenvalue weighted by Gasteiger charge is 2.18. The van der Waals surface area contributed by atoms with Crippen molar-refractivity contribution in [2.75, 3.05) is 13.2 Å². The molecule has 0 bridgehead atoms. The van der Waals surface area contributed by atoms with Gasteiger partial charge in [-0.15, -0.1) is 0 Å². The lowest BCUT2D eigenvalue weighted by Gasteiger charge is -2.11. The van der Waals surface area contributed by atoms with Crippen LogP contribution in [0.5, 0.6) is 0 Å². The quantitative estimate of drug-likeness (QED) is 0.799. The van der Waals surface area contributed by atoms with Gasteiger partial charge in [-0.05, 0) is 18.2 Å². The van der Waals surface area contributed by atoms with Gasteiger partial charge in [-0.1, -0.05) is 0 Å². The maximum absolute atomic E-state index is 5.42. The first kappa shape index (κ1) is 10.4. The molecule has 0 unspecified atom stereocenters. The lowest BCUT2D eigenvalue weighted by Crippen LogP contribution is -2.18. The summed E-state index contributed by atoms with van der Waals surface area (Å²) in [6.45, 7) is 1.93. The molecule has 0 amide bonds. The Labute approximate surface area is 99.0 Å². The SMILES string of the molecule is c1cncc(-c2ccnn2CC2OCCO2)c1. The van der Waals surface area contributed by atoms with E-state index in [0.29, 0.717) is 19.8 Å². The predicted molar refractivity (Wildman–Crippen MR) is 61.2 cm³/mol. The fourth-order valence-corrected chi connectivity index (χ4v) is 1.89. The number of pyridine rings is 1. The van der Waals surface area contributed by atoms with Crippen LogP contribution in [0.2, 0.25) is 0 Å². The molecule has 0 saturated carbocycles. The van der Waals surface area contributed by atoms with Crippen LogP contribution in [-0.4, -0.2) is 34.3 Å². The molecule has 1 aliphatic rings.